The summed E-state index contributed by atoms with van der Waals surface area (Å²) in [6, 6.07) is 10.9. The van der Waals surface area contributed by atoms with Gasteiger partial charge in [0.2, 0.25) is 0 Å². The number of hydrogen-bond donors (Lipinski definition) is 2. The molecule has 0 atom stereocenters. The number of hydrogen-bond acceptors (Lipinski definition) is 3. The highest BCUT2D eigenvalue weighted by atomic mass is 35.5. The van der Waals surface area contributed by atoms with Crippen LogP contribution in [0.3, 0.4) is 0 Å². The maximum absolute atomic E-state index is 12.0. The standard InChI is InChI=1S/C19H18Cl2N6O/c20-13-1-3-17-15(9-13)24-11-26(17)7-5-22-19(28)23-6-8-27-12-25-16-10-14(21)2-4-18(16)27/h1-4,9-12H,5-8H2,(H2,22,23,28). The maximum atomic E-state index is 12.0. The Morgan fingerprint density at radius 2 is 1.29 bits per heavy atom. The van der Waals surface area contributed by atoms with Crippen molar-refractivity contribution in [2.45, 2.75) is 13.1 Å². The zero-order valence-electron chi connectivity index (χ0n) is 14.9. The lowest BCUT2D eigenvalue weighted by molar-refractivity contribution is 0.240. The zero-order valence-corrected chi connectivity index (χ0v) is 16.4. The van der Waals surface area contributed by atoms with E-state index in [1.54, 1.807) is 12.7 Å². The summed E-state index contributed by atoms with van der Waals surface area (Å²) >= 11 is 11.9. The minimum Gasteiger partial charge on any atom is -0.336 e. The van der Waals surface area contributed by atoms with Crippen molar-refractivity contribution >= 4 is 51.3 Å². The van der Waals surface area contributed by atoms with Crippen molar-refractivity contribution in [3.8, 4) is 0 Å². The molecule has 28 heavy (non-hydrogen) atoms. The van der Waals surface area contributed by atoms with E-state index in [0.717, 1.165) is 22.1 Å². The normalized spacial score (nSPS) is 11.2. The molecule has 0 unspecified atom stereocenters. The topological polar surface area (TPSA) is 76.8 Å². The highest BCUT2D eigenvalue weighted by Crippen LogP contribution is 2.18. The van der Waals surface area contributed by atoms with E-state index in [4.69, 9.17) is 23.2 Å². The van der Waals surface area contributed by atoms with E-state index in [1.165, 1.54) is 0 Å². The minimum atomic E-state index is -0.208. The van der Waals surface area contributed by atoms with Gasteiger partial charge in [-0.05, 0) is 36.4 Å². The number of imidazole rings is 2. The monoisotopic (exact) mass is 416 g/mol. The first-order chi connectivity index (χ1) is 13.6. The molecule has 0 bridgehead atoms. The number of fused-ring (bicyclic) bond motifs is 2. The van der Waals surface area contributed by atoms with Gasteiger partial charge in [-0.25, -0.2) is 14.8 Å². The highest BCUT2D eigenvalue weighted by molar-refractivity contribution is 6.31. The summed E-state index contributed by atoms with van der Waals surface area (Å²) in [5.74, 6) is 0. The smallest absolute Gasteiger partial charge is 0.314 e. The molecule has 9 heteroatoms. The molecule has 2 heterocycles. The summed E-state index contributed by atoms with van der Waals surface area (Å²) < 4.78 is 3.96. The third-order valence-electron chi connectivity index (χ3n) is 4.44. The largest absolute Gasteiger partial charge is 0.336 e. The average molecular weight is 417 g/mol. The Kier molecular flexibility index (Phi) is 5.36. The summed E-state index contributed by atoms with van der Waals surface area (Å²) in [5, 5.41) is 7.02. The Balaban J connectivity index is 1.24. The zero-order chi connectivity index (χ0) is 19.5. The highest BCUT2D eigenvalue weighted by Gasteiger charge is 2.06. The van der Waals surface area contributed by atoms with Gasteiger partial charge in [0.1, 0.15) is 0 Å². The van der Waals surface area contributed by atoms with Crippen LogP contribution in [-0.2, 0) is 13.1 Å². The number of urea groups is 1. The van der Waals surface area contributed by atoms with Gasteiger partial charge >= 0.3 is 6.03 Å². The lowest BCUT2D eigenvalue weighted by atomic mass is 10.3. The van der Waals surface area contributed by atoms with E-state index in [-0.39, 0.29) is 6.03 Å². The van der Waals surface area contributed by atoms with E-state index in [0.29, 0.717) is 36.2 Å². The molecule has 4 aromatic rings. The molecule has 2 N–H and O–H groups in total. The van der Waals surface area contributed by atoms with Gasteiger partial charge in [-0.3, -0.25) is 0 Å². The Hall–Kier alpha value is -2.77. The maximum Gasteiger partial charge on any atom is 0.314 e. The molecule has 0 fully saturated rings. The van der Waals surface area contributed by atoms with Crippen LogP contribution < -0.4 is 10.6 Å². The third-order valence-corrected chi connectivity index (χ3v) is 4.91. The van der Waals surface area contributed by atoms with Crippen molar-refractivity contribution in [3.05, 3.63) is 59.1 Å². The van der Waals surface area contributed by atoms with E-state index < -0.39 is 0 Å². The first kappa shape index (κ1) is 18.6. The van der Waals surface area contributed by atoms with E-state index in [2.05, 4.69) is 20.6 Å². The van der Waals surface area contributed by atoms with Crippen LogP contribution >= 0.6 is 23.2 Å². The van der Waals surface area contributed by atoms with Crippen molar-refractivity contribution in [2.24, 2.45) is 0 Å². The SMILES string of the molecule is O=C(NCCn1cnc2cc(Cl)ccc21)NCCn1cnc2cc(Cl)ccc21. The molecule has 0 aliphatic heterocycles. The Morgan fingerprint density at radius 1 is 0.821 bits per heavy atom. The number of carbonyl (C=O) groups is 1. The predicted molar refractivity (Wildman–Crippen MR) is 111 cm³/mol. The van der Waals surface area contributed by atoms with Crippen molar-refractivity contribution in [2.75, 3.05) is 13.1 Å². The summed E-state index contributed by atoms with van der Waals surface area (Å²) in [6.07, 6.45) is 3.49. The number of amides is 2. The lowest BCUT2D eigenvalue weighted by Gasteiger charge is -2.09. The van der Waals surface area contributed by atoms with Crippen molar-refractivity contribution in [1.82, 2.24) is 29.7 Å². The van der Waals surface area contributed by atoms with Crippen LogP contribution in [0.1, 0.15) is 0 Å². The molecule has 144 valence electrons. The van der Waals surface area contributed by atoms with E-state index in [1.807, 2.05) is 45.5 Å². The van der Waals surface area contributed by atoms with Gasteiger partial charge in [-0.1, -0.05) is 23.2 Å². The average Bonchev–Trinajstić information content (AvgIpc) is 3.25. The number of aromatic nitrogens is 4. The number of nitrogens with one attached hydrogen (secondary N) is 2. The summed E-state index contributed by atoms with van der Waals surface area (Å²) in [4.78, 5) is 20.6. The van der Waals surface area contributed by atoms with Gasteiger partial charge in [0.05, 0.1) is 34.7 Å². The van der Waals surface area contributed by atoms with Crippen LogP contribution in [0.5, 0.6) is 0 Å². The number of nitrogens with zero attached hydrogens (tertiary/aromatic N) is 4. The van der Waals surface area contributed by atoms with Gasteiger partial charge in [0, 0.05) is 36.2 Å². The van der Waals surface area contributed by atoms with E-state index >= 15 is 0 Å². The fourth-order valence-corrected chi connectivity index (χ4v) is 3.41. The summed E-state index contributed by atoms with van der Waals surface area (Å²) in [6.45, 7) is 2.23. The van der Waals surface area contributed by atoms with Gasteiger partial charge in [0.25, 0.3) is 0 Å². The molecule has 0 saturated heterocycles. The molecule has 2 aromatic heterocycles. The van der Waals surface area contributed by atoms with Crippen LogP contribution in [0.25, 0.3) is 22.1 Å². The Morgan fingerprint density at radius 3 is 1.75 bits per heavy atom. The number of carbonyl (C=O) groups excluding carboxylic acids is 1. The second-order valence-electron chi connectivity index (χ2n) is 6.32. The second kappa shape index (κ2) is 8.08. The molecule has 0 radical (unpaired) electrons. The predicted octanol–water partition coefficient (Wildman–Crippen LogP) is 3.69. The van der Waals surface area contributed by atoms with Crippen molar-refractivity contribution < 1.29 is 4.79 Å². The van der Waals surface area contributed by atoms with Crippen LogP contribution in [0.15, 0.2) is 49.1 Å². The van der Waals surface area contributed by atoms with Gasteiger partial charge < -0.3 is 19.8 Å². The van der Waals surface area contributed by atoms with Gasteiger partial charge in [0.15, 0.2) is 0 Å². The fourth-order valence-electron chi connectivity index (χ4n) is 3.07. The fraction of sp³-hybridized carbons (Fsp3) is 0.211. The van der Waals surface area contributed by atoms with Crippen molar-refractivity contribution in [1.29, 1.82) is 0 Å². The first-order valence-corrected chi connectivity index (χ1v) is 9.58. The van der Waals surface area contributed by atoms with Gasteiger partial charge in [-0.2, -0.15) is 0 Å². The summed E-state index contributed by atoms with van der Waals surface area (Å²) in [5.41, 5.74) is 3.65. The summed E-state index contributed by atoms with van der Waals surface area (Å²) in [7, 11) is 0. The molecular weight excluding hydrogens is 399 g/mol. The molecule has 2 aromatic carbocycles. The molecule has 0 spiro atoms. The van der Waals surface area contributed by atoms with Crippen molar-refractivity contribution in [3.63, 3.8) is 0 Å². The van der Waals surface area contributed by atoms with E-state index in [9.17, 15) is 4.79 Å². The minimum absolute atomic E-state index is 0.208. The number of benzene rings is 2. The first-order valence-electron chi connectivity index (χ1n) is 8.82. The molecular formula is C19H18Cl2N6O. The molecule has 0 saturated carbocycles. The Labute approximate surface area is 171 Å². The molecule has 0 aliphatic rings. The quantitative estimate of drug-likeness (QED) is 0.503. The Bertz CT molecular complexity index is 1050. The molecule has 4 rings (SSSR count). The van der Waals surface area contributed by atoms with Crippen LogP contribution in [0.4, 0.5) is 4.79 Å². The van der Waals surface area contributed by atoms with Crippen LogP contribution in [0.2, 0.25) is 10.0 Å². The molecule has 7 nitrogen and oxygen atoms in total. The second-order valence-corrected chi connectivity index (χ2v) is 7.20. The third kappa shape index (κ3) is 4.05. The number of rotatable bonds is 6. The number of halogens is 2. The molecule has 2 amide bonds. The van der Waals surface area contributed by atoms with Crippen LogP contribution in [-0.4, -0.2) is 38.2 Å². The van der Waals surface area contributed by atoms with Crippen LogP contribution in [0, 0.1) is 0 Å². The lowest BCUT2D eigenvalue weighted by Crippen LogP contribution is -2.38. The molecule has 0 aliphatic carbocycles. The van der Waals surface area contributed by atoms with Gasteiger partial charge in [-0.15, -0.1) is 0 Å².